The van der Waals surface area contributed by atoms with Crippen LogP contribution in [-0.4, -0.2) is 50.3 Å². The summed E-state index contributed by atoms with van der Waals surface area (Å²) in [6, 6.07) is 1.75. The van der Waals surface area contributed by atoms with Crippen molar-refractivity contribution < 1.29 is 9.59 Å². The number of carbonyl (C=O) groups is 2. The quantitative estimate of drug-likeness (QED) is 0.888. The van der Waals surface area contributed by atoms with E-state index in [2.05, 4.69) is 19.2 Å². The molecule has 0 saturated carbocycles. The van der Waals surface area contributed by atoms with Crippen LogP contribution in [-0.2, 0) is 17.8 Å². The van der Waals surface area contributed by atoms with Crippen LogP contribution in [0, 0.1) is 11.8 Å². The highest BCUT2D eigenvalue weighted by Gasteiger charge is 2.33. The predicted molar refractivity (Wildman–Crippen MR) is 88.6 cm³/mol. The van der Waals surface area contributed by atoms with Crippen LogP contribution < -0.4 is 5.32 Å². The summed E-state index contributed by atoms with van der Waals surface area (Å²) in [7, 11) is 0. The molecule has 2 aliphatic heterocycles. The number of hydrogen-bond acceptors (Lipinski definition) is 5. The van der Waals surface area contributed by atoms with Gasteiger partial charge in [-0.15, -0.1) is 0 Å². The number of carbonyl (C=O) groups excluding carboxylic acids is 2. The van der Waals surface area contributed by atoms with Crippen molar-refractivity contribution in [1.82, 2.24) is 24.1 Å². The first-order valence-corrected chi connectivity index (χ1v) is 9.01. The number of nitrogens with one attached hydrogen (secondary N) is 1. The smallest absolute Gasteiger partial charge is 0.273 e. The summed E-state index contributed by atoms with van der Waals surface area (Å²) < 4.78 is 6.18. The van der Waals surface area contributed by atoms with Crippen LogP contribution >= 0.6 is 11.5 Å². The number of rotatable bonds is 4. The molecular formula is C16H19N5O2S. The van der Waals surface area contributed by atoms with Gasteiger partial charge in [-0.05, 0) is 24.0 Å². The zero-order valence-corrected chi connectivity index (χ0v) is 14.0. The minimum absolute atomic E-state index is 0.00715. The zero-order valence-electron chi connectivity index (χ0n) is 13.2. The monoisotopic (exact) mass is 345 g/mol. The number of aryl methyl sites for hydroxylation is 1. The van der Waals surface area contributed by atoms with E-state index < -0.39 is 0 Å². The maximum absolute atomic E-state index is 12.3. The summed E-state index contributed by atoms with van der Waals surface area (Å²) >= 11 is 1.29. The molecule has 0 aliphatic carbocycles. The predicted octanol–water partition coefficient (Wildman–Crippen LogP) is 0.790. The van der Waals surface area contributed by atoms with Crippen LogP contribution in [0.25, 0.3) is 0 Å². The number of likely N-dealkylation sites (tertiary alicyclic amines) is 1. The second kappa shape index (κ2) is 6.35. The van der Waals surface area contributed by atoms with Crippen LogP contribution in [0.15, 0.2) is 23.8 Å². The lowest BCUT2D eigenvalue weighted by Gasteiger charge is -2.39. The molecule has 2 amide bonds. The van der Waals surface area contributed by atoms with E-state index in [9.17, 15) is 9.59 Å². The van der Waals surface area contributed by atoms with Crippen LogP contribution in [0.1, 0.15) is 22.7 Å². The maximum atomic E-state index is 12.3. The molecule has 8 heteroatoms. The number of nitrogens with zero attached hydrogens (tertiary/aromatic N) is 4. The van der Waals surface area contributed by atoms with Crippen molar-refractivity contribution in [3.8, 4) is 0 Å². The van der Waals surface area contributed by atoms with Crippen LogP contribution in [0.4, 0.5) is 0 Å². The van der Waals surface area contributed by atoms with E-state index in [1.807, 2.05) is 6.20 Å². The van der Waals surface area contributed by atoms with Gasteiger partial charge in [0.2, 0.25) is 5.91 Å². The average molecular weight is 345 g/mol. The lowest BCUT2D eigenvalue weighted by Crippen LogP contribution is -2.54. The highest BCUT2D eigenvalue weighted by atomic mass is 32.1. The van der Waals surface area contributed by atoms with Crippen LogP contribution in [0.5, 0.6) is 0 Å². The fourth-order valence-electron chi connectivity index (χ4n) is 3.31. The highest BCUT2D eigenvalue weighted by molar-refractivity contribution is 7.03. The Hall–Kier alpha value is -2.22. The summed E-state index contributed by atoms with van der Waals surface area (Å²) in [6.07, 6.45) is 5.32. The molecule has 1 N–H and O–H groups in total. The van der Waals surface area contributed by atoms with Crippen molar-refractivity contribution in [2.45, 2.75) is 19.4 Å². The third kappa shape index (κ3) is 2.93. The van der Waals surface area contributed by atoms with E-state index in [4.69, 9.17) is 0 Å². The molecule has 2 aromatic heterocycles. The van der Waals surface area contributed by atoms with Crippen molar-refractivity contribution in [3.63, 3.8) is 0 Å². The standard InChI is InChI=1S/C16H19N5O2S/c22-15(12-1-4-20-5-3-17-14(20)7-12)18-8-11-9-21(10-11)16(23)13-2-6-24-19-13/h2-3,5-6,11-12H,1,4,7-10H2,(H,18,22). The van der Waals surface area contributed by atoms with Gasteiger partial charge in [0, 0.05) is 62.2 Å². The number of amides is 2. The molecule has 4 rings (SSSR count). The molecule has 0 bridgehead atoms. The lowest BCUT2D eigenvalue weighted by molar-refractivity contribution is -0.126. The van der Waals surface area contributed by atoms with Gasteiger partial charge in [0.1, 0.15) is 11.5 Å². The molecule has 24 heavy (non-hydrogen) atoms. The molecule has 4 heterocycles. The second-order valence-corrected chi connectivity index (χ2v) is 7.10. The largest absolute Gasteiger partial charge is 0.355 e. The van der Waals surface area contributed by atoms with Crippen molar-refractivity contribution in [1.29, 1.82) is 0 Å². The molecule has 0 aromatic carbocycles. The van der Waals surface area contributed by atoms with Gasteiger partial charge in [0.05, 0.1) is 0 Å². The van der Waals surface area contributed by atoms with Crippen molar-refractivity contribution in [3.05, 3.63) is 35.4 Å². The van der Waals surface area contributed by atoms with Gasteiger partial charge in [-0.1, -0.05) is 0 Å². The molecule has 0 radical (unpaired) electrons. The van der Waals surface area contributed by atoms with E-state index >= 15 is 0 Å². The zero-order chi connectivity index (χ0) is 16.5. The Morgan fingerprint density at radius 2 is 2.25 bits per heavy atom. The molecule has 1 fully saturated rings. The summed E-state index contributed by atoms with van der Waals surface area (Å²) in [5, 5.41) is 4.85. The van der Waals surface area contributed by atoms with Crippen molar-refractivity contribution in [2.75, 3.05) is 19.6 Å². The van der Waals surface area contributed by atoms with Gasteiger partial charge in [-0.3, -0.25) is 9.59 Å². The van der Waals surface area contributed by atoms with Gasteiger partial charge in [0.15, 0.2) is 0 Å². The van der Waals surface area contributed by atoms with Gasteiger partial charge >= 0.3 is 0 Å². The Balaban J connectivity index is 1.21. The fraction of sp³-hybridized carbons (Fsp3) is 0.500. The average Bonchev–Trinajstić information content (AvgIpc) is 3.23. The SMILES string of the molecule is O=C(NCC1CN(C(=O)c2ccsn2)C1)C1CCn2ccnc2C1. The molecule has 126 valence electrons. The topological polar surface area (TPSA) is 80.1 Å². The fourth-order valence-corrected chi connectivity index (χ4v) is 3.82. The highest BCUT2D eigenvalue weighted by Crippen LogP contribution is 2.21. The minimum Gasteiger partial charge on any atom is -0.355 e. The maximum Gasteiger partial charge on any atom is 0.273 e. The summed E-state index contributed by atoms with van der Waals surface area (Å²) in [5.41, 5.74) is 0.514. The third-order valence-electron chi connectivity index (χ3n) is 4.79. The van der Waals surface area contributed by atoms with Gasteiger partial charge in [-0.2, -0.15) is 4.37 Å². The number of fused-ring (bicyclic) bond motifs is 1. The number of hydrogen-bond donors (Lipinski definition) is 1. The minimum atomic E-state index is -0.0158. The number of imidazole rings is 1. The first-order valence-electron chi connectivity index (χ1n) is 8.18. The third-order valence-corrected chi connectivity index (χ3v) is 5.35. The Morgan fingerprint density at radius 1 is 1.38 bits per heavy atom. The van der Waals surface area contributed by atoms with Gasteiger partial charge in [0.25, 0.3) is 5.91 Å². The van der Waals surface area contributed by atoms with Crippen LogP contribution in [0.2, 0.25) is 0 Å². The molecule has 2 aromatic rings. The van der Waals surface area contributed by atoms with Crippen molar-refractivity contribution >= 4 is 23.3 Å². The van der Waals surface area contributed by atoms with Gasteiger partial charge in [-0.25, -0.2) is 4.98 Å². The summed E-state index contributed by atoms with van der Waals surface area (Å²) in [4.78, 5) is 30.5. The number of aromatic nitrogens is 3. The molecule has 7 nitrogen and oxygen atoms in total. The Morgan fingerprint density at radius 3 is 3.04 bits per heavy atom. The Labute approximate surface area is 143 Å². The first-order chi connectivity index (χ1) is 11.7. The summed E-state index contributed by atoms with van der Waals surface area (Å²) in [6.45, 7) is 2.86. The van der Waals surface area contributed by atoms with Gasteiger partial charge < -0.3 is 14.8 Å². The molecule has 1 unspecified atom stereocenters. The normalized spacial score (nSPS) is 20.3. The lowest BCUT2D eigenvalue weighted by atomic mass is 9.95. The Kier molecular flexibility index (Phi) is 4.05. The molecule has 0 spiro atoms. The van der Waals surface area contributed by atoms with E-state index in [-0.39, 0.29) is 17.7 Å². The Bertz CT molecular complexity index is 735. The van der Waals surface area contributed by atoms with E-state index in [0.29, 0.717) is 37.7 Å². The molecular weight excluding hydrogens is 326 g/mol. The summed E-state index contributed by atoms with van der Waals surface area (Å²) in [5.74, 6) is 1.42. The van der Waals surface area contributed by atoms with E-state index in [1.54, 1.807) is 22.5 Å². The second-order valence-electron chi connectivity index (χ2n) is 6.43. The molecule has 1 atom stereocenters. The van der Waals surface area contributed by atoms with Crippen LogP contribution in [0.3, 0.4) is 0 Å². The van der Waals surface area contributed by atoms with E-state index in [1.165, 1.54) is 11.5 Å². The molecule has 1 saturated heterocycles. The van der Waals surface area contributed by atoms with E-state index in [0.717, 1.165) is 18.8 Å². The first kappa shape index (κ1) is 15.3. The van der Waals surface area contributed by atoms with Crippen molar-refractivity contribution in [2.24, 2.45) is 11.8 Å². The molecule has 2 aliphatic rings.